The van der Waals surface area contributed by atoms with Crippen LogP contribution in [0.2, 0.25) is 0 Å². The highest BCUT2D eigenvalue weighted by Crippen LogP contribution is 2.21. The van der Waals surface area contributed by atoms with Gasteiger partial charge in [-0.25, -0.2) is 9.37 Å². The van der Waals surface area contributed by atoms with Crippen molar-refractivity contribution >= 4 is 17.0 Å². The van der Waals surface area contributed by atoms with Crippen LogP contribution >= 0.6 is 0 Å². The molecular formula is C15H15FN4. The fraction of sp³-hybridized carbons (Fsp3) is 0.200. The van der Waals surface area contributed by atoms with Gasteiger partial charge in [0.25, 0.3) is 0 Å². The molecule has 3 aromatic rings. The number of nitrogen functional groups attached to an aromatic ring is 1. The third kappa shape index (κ3) is 2.11. The Kier molecular flexibility index (Phi) is 3.10. The third-order valence-corrected chi connectivity index (χ3v) is 3.41. The van der Waals surface area contributed by atoms with Gasteiger partial charge in [-0.1, -0.05) is 13.0 Å². The molecule has 0 fully saturated rings. The molecule has 0 radical (unpaired) electrons. The molecule has 0 aliphatic rings. The summed E-state index contributed by atoms with van der Waals surface area (Å²) in [5, 5.41) is 0. The number of nitrogens with zero attached hydrogens (tertiary/aromatic N) is 3. The maximum Gasteiger partial charge on any atom is 0.201 e. The summed E-state index contributed by atoms with van der Waals surface area (Å²) < 4.78 is 15.1. The SMILES string of the molecule is CCc1cccnc1Cn1c(N)nc2cc(F)ccc21. The molecule has 0 amide bonds. The van der Waals surface area contributed by atoms with Crippen molar-refractivity contribution in [1.29, 1.82) is 0 Å². The summed E-state index contributed by atoms with van der Waals surface area (Å²) >= 11 is 0. The highest BCUT2D eigenvalue weighted by molar-refractivity contribution is 5.78. The van der Waals surface area contributed by atoms with Crippen molar-refractivity contribution in [2.24, 2.45) is 0 Å². The fourth-order valence-electron chi connectivity index (χ4n) is 2.37. The summed E-state index contributed by atoms with van der Waals surface area (Å²) in [6.07, 6.45) is 2.67. The molecule has 0 bridgehead atoms. The van der Waals surface area contributed by atoms with Crippen LogP contribution in [0.15, 0.2) is 36.5 Å². The van der Waals surface area contributed by atoms with E-state index in [1.807, 2.05) is 10.6 Å². The number of rotatable bonds is 3. The smallest absolute Gasteiger partial charge is 0.201 e. The first kappa shape index (κ1) is 12.6. The molecule has 0 unspecified atom stereocenters. The second-order valence-corrected chi connectivity index (χ2v) is 4.65. The zero-order valence-corrected chi connectivity index (χ0v) is 11.2. The fourth-order valence-corrected chi connectivity index (χ4v) is 2.37. The monoisotopic (exact) mass is 270 g/mol. The number of anilines is 1. The molecule has 2 aromatic heterocycles. The topological polar surface area (TPSA) is 56.7 Å². The van der Waals surface area contributed by atoms with Crippen LogP contribution in [0, 0.1) is 5.82 Å². The van der Waals surface area contributed by atoms with Crippen molar-refractivity contribution in [3.8, 4) is 0 Å². The lowest BCUT2D eigenvalue weighted by molar-refractivity contribution is 0.629. The van der Waals surface area contributed by atoms with Crippen molar-refractivity contribution in [1.82, 2.24) is 14.5 Å². The van der Waals surface area contributed by atoms with Gasteiger partial charge in [0.2, 0.25) is 5.95 Å². The number of aryl methyl sites for hydroxylation is 1. The molecule has 20 heavy (non-hydrogen) atoms. The number of fused-ring (bicyclic) bond motifs is 1. The van der Waals surface area contributed by atoms with E-state index in [9.17, 15) is 4.39 Å². The molecule has 4 nitrogen and oxygen atoms in total. The molecule has 0 spiro atoms. The lowest BCUT2D eigenvalue weighted by Gasteiger charge is -2.09. The Morgan fingerprint density at radius 3 is 2.95 bits per heavy atom. The van der Waals surface area contributed by atoms with E-state index in [-0.39, 0.29) is 5.82 Å². The van der Waals surface area contributed by atoms with Gasteiger partial charge >= 0.3 is 0 Å². The van der Waals surface area contributed by atoms with Crippen LogP contribution < -0.4 is 5.73 Å². The van der Waals surface area contributed by atoms with E-state index in [1.165, 1.54) is 17.7 Å². The highest BCUT2D eigenvalue weighted by Gasteiger charge is 2.11. The van der Waals surface area contributed by atoms with E-state index in [0.717, 1.165) is 17.6 Å². The van der Waals surface area contributed by atoms with E-state index in [1.54, 1.807) is 12.3 Å². The van der Waals surface area contributed by atoms with Crippen molar-refractivity contribution in [2.75, 3.05) is 5.73 Å². The maximum absolute atomic E-state index is 13.2. The van der Waals surface area contributed by atoms with Crippen molar-refractivity contribution in [3.05, 3.63) is 53.6 Å². The Balaban J connectivity index is 2.08. The minimum Gasteiger partial charge on any atom is -0.369 e. The predicted octanol–water partition coefficient (Wildman–Crippen LogP) is 2.76. The molecule has 102 valence electrons. The number of hydrogen-bond acceptors (Lipinski definition) is 3. The maximum atomic E-state index is 13.2. The molecule has 0 saturated carbocycles. The highest BCUT2D eigenvalue weighted by atomic mass is 19.1. The molecule has 2 heterocycles. The van der Waals surface area contributed by atoms with Gasteiger partial charge in [0.1, 0.15) is 5.82 Å². The second kappa shape index (κ2) is 4.92. The summed E-state index contributed by atoms with van der Waals surface area (Å²) in [6, 6.07) is 8.48. The molecule has 5 heteroatoms. The Morgan fingerprint density at radius 1 is 1.30 bits per heavy atom. The van der Waals surface area contributed by atoms with Gasteiger partial charge in [-0.2, -0.15) is 0 Å². The van der Waals surface area contributed by atoms with E-state index in [2.05, 4.69) is 23.0 Å². The van der Waals surface area contributed by atoms with E-state index in [4.69, 9.17) is 5.73 Å². The largest absolute Gasteiger partial charge is 0.369 e. The first-order chi connectivity index (χ1) is 9.69. The van der Waals surface area contributed by atoms with Gasteiger partial charge in [0.05, 0.1) is 23.3 Å². The van der Waals surface area contributed by atoms with Crippen LogP contribution in [0.4, 0.5) is 10.3 Å². The molecule has 0 atom stereocenters. The lowest BCUT2D eigenvalue weighted by Crippen LogP contribution is -2.08. The zero-order valence-electron chi connectivity index (χ0n) is 11.2. The van der Waals surface area contributed by atoms with Gasteiger partial charge in [-0.05, 0) is 30.2 Å². The Bertz CT molecular complexity index is 764. The molecule has 0 aliphatic heterocycles. The average Bonchev–Trinajstić information content (AvgIpc) is 2.75. The Labute approximate surface area is 116 Å². The molecule has 1 aromatic carbocycles. The van der Waals surface area contributed by atoms with Crippen LogP contribution in [-0.4, -0.2) is 14.5 Å². The number of pyridine rings is 1. The van der Waals surface area contributed by atoms with Gasteiger partial charge in [-0.3, -0.25) is 4.98 Å². The van der Waals surface area contributed by atoms with Crippen molar-refractivity contribution < 1.29 is 4.39 Å². The lowest BCUT2D eigenvalue weighted by atomic mass is 10.1. The number of benzene rings is 1. The van der Waals surface area contributed by atoms with Crippen molar-refractivity contribution in [3.63, 3.8) is 0 Å². The Morgan fingerprint density at radius 2 is 2.15 bits per heavy atom. The molecular weight excluding hydrogens is 255 g/mol. The molecule has 0 saturated heterocycles. The molecule has 3 rings (SSSR count). The normalized spacial score (nSPS) is 11.1. The van der Waals surface area contributed by atoms with Gasteiger partial charge in [0, 0.05) is 12.3 Å². The van der Waals surface area contributed by atoms with E-state index in [0.29, 0.717) is 18.0 Å². The van der Waals surface area contributed by atoms with Gasteiger partial charge in [0.15, 0.2) is 0 Å². The number of aromatic nitrogens is 3. The molecule has 2 N–H and O–H groups in total. The van der Waals surface area contributed by atoms with Crippen LogP contribution in [0.5, 0.6) is 0 Å². The van der Waals surface area contributed by atoms with Crippen LogP contribution in [0.25, 0.3) is 11.0 Å². The minimum absolute atomic E-state index is 0.311. The van der Waals surface area contributed by atoms with Crippen molar-refractivity contribution in [2.45, 2.75) is 19.9 Å². The summed E-state index contributed by atoms with van der Waals surface area (Å²) in [6.45, 7) is 2.63. The number of imidazole rings is 1. The number of hydrogen-bond donors (Lipinski definition) is 1. The quantitative estimate of drug-likeness (QED) is 0.796. The van der Waals surface area contributed by atoms with Gasteiger partial charge in [-0.15, -0.1) is 0 Å². The van der Waals surface area contributed by atoms with E-state index < -0.39 is 0 Å². The van der Waals surface area contributed by atoms with Crippen LogP contribution in [-0.2, 0) is 13.0 Å². The first-order valence-electron chi connectivity index (χ1n) is 6.53. The number of halogens is 1. The van der Waals surface area contributed by atoms with E-state index >= 15 is 0 Å². The number of nitrogens with two attached hydrogens (primary N) is 1. The third-order valence-electron chi connectivity index (χ3n) is 3.41. The first-order valence-corrected chi connectivity index (χ1v) is 6.53. The van der Waals surface area contributed by atoms with Crippen LogP contribution in [0.1, 0.15) is 18.2 Å². The summed E-state index contributed by atoms with van der Waals surface area (Å²) in [5.41, 5.74) is 9.47. The standard InChI is InChI=1S/C15H15FN4/c1-2-10-4-3-7-18-13(10)9-20-14-6-5-11(16)8-12(14)19-15(20)17/h3-8H,2,9H2,1H3,(H2,17,19). The minimum atomic E-state index is -0.311. The summed E-state index contributed by atoms with van der Waals surface area (Å²) in [5.74, 6) is 0.0625. The summed E-state index contributed by atoms with van der Waals surface area (Å²) in [7, 11) is 0. The Hall–Kier alpha value is -2.43. The average molecular weight is 270 g/mol. The van der Waals surface area contributed by atoms with Crippen LogP contribution in [0.3, 0.4) is 0 Å². The second-order valence-electron chi connectivity index (χ2n) is 4.65. The van der Waals surface area contributed by atoms with Gasteiger partial charge < -0.3 is 10.3 Å². The molecule has 0 aliphatic carbocycles. The summed E-state index contributed by atoms with van der Waals surface area (Å²) in [4.78, 5) is 8.61. The predicted molar refractivity (Wildman–Crippen MR) is 76.8 cm³/mol. The zero-order chi connectivity index (χ0) is 14.1.